The molecule has 0 aliphatic carbocycles. The zero-order chi connectivity index (χ0) is 19.2. The zero-order valence-electron chi connectivity index (χ0n) is 14.5. The summed E-state index contributed by atoms with van der Waals surface area (Å²) in [5, 5.41) is 2.15. The SMILES string of the molecule is COc1ccc(C(=O)NNC(=O)/C=C/c2cccc3ccccc23)cc1Br. The normalized spacial score (nSPS) is 10.7. The Morgan fingerprint density at radius 3 is 2.56 bits per heavy atom. The van der Waals surface area contributed by atoms with Gasteiger partial charge in [0.1, 0.15) is 5.75 Å². The van der Waals surface area contributed by atoms with E-state index in [-0.39, 0.29) is 0 Å². The van der Waals surface area contributed by atoms with E-state index in [9.17, 15) is 9.59 Å². The third-order valence-corrected chi connectivity index (χ3v) is 4.57. The Labute approximate surface area is 165 Å². The topological polar surface area (TPSA) is 67.4 Å². The van der Waals surface area contributed by atoms with Crippen LogP contribution in [0.2, 0.25) is 0 Å². The van der Waals surface area contributed by atoms with Crippen LogP contribution < -0.4 is 15.6 Å². The second kappa shape index (κ2) is 8.51. The Morgan fingerprint density at radius 2 is 1.78 bits per heavy atom. The smallest absolute Gasteiger partial charge is 0.269 e. The van der Waals surface area contributed by atoms with E-state index in [1.165, 1.54) is 6.08 Å². The van der Waals surface area contributed by atoms with Gasteiger partial charge in [-0.1, -0.05) is 42.5 Å². The van der Waals surface area contributed by atoms with Crippen LogP contribution in [0, 0.1) is 0 Å². The van der Waals surface area contributed by atoms with E-state index in [1.807, 2.05) is 42.5 Å². The first-order chi connectivity index (χ1) is 13.1. The molecule has 3 aromatic rings. The first-order valence-corrected chi connectivity index (χ1v) is 8.97. The number of nitrogens with one attached hydrogen (secondary N) is 2. The Kier molecular flexibility index (Phi) is 5.88. The second-order valence-electron chi connectivity index (χ2n) is 5.69. The van der Waals surface area contributed by atoms with E-state index in [0.29, 0.717) is 15.8 Å². The van der Waals surface area contributed by atoms with Crippen molar-refractivity contribution in [1.29, 1.82) is 0 Å². The molecule has 2 amide bonds. The van der Waals surface area contributed by atoms with Gasteiger partial charge in [-0.3, -0.25) is 20.4 Å². The number of hydrazine groups is 1. The molecule has 136 valence electrons. The monoisotopic (exact) mass is 424 g/mol. The molecule has 0 aliphatic rings. The van der Waals surface area contributed by atoms with Gasteiger partial charge in [-0.15, -0.1) is 0 Å². The fourth-order valence-corrected chi connectivity index (χ4v) is 3.14. The summed E-state index contributed by atoms with van der Waals surface area (Å²) in [5.41, 5.74) is 6.08. The zero-order valence-corrected chi connectivity index (χ0v) is 16.1. The van der Waals surface area contributed by atoms with E-state index in [2.05, 4.69) is 26.8 Å². The maximum Gasteiger partial charge on any atom is 0.269 e. The minimum atomic E-state index is -0.427. The lowest BCUT2D eigenvalue weighted by Crippen LogP contribution is -2.40. The number of carbonyl (C=O) groups is 2. The Morgan fingerprint density at radius 1 is 1.00 bits per heavy atom. The van der Waals surface area contributed by atoms with Crippen molar-refractivity contribution in [1.82, 2.24) is 10.9 Å². The lowest BCUT2D eigenvalue weighted by Gasteiger charge is -2.08. The van der Waals surface area contributed by atoms with E-state index in [1.54, 1.807) is 31.4 Å². The number of carbonyl (C=O) groups excluding carboxylic acids is 2. The third-order valence-electron chi connectivity index (χ3n) is 3.95. The van der Waals surface area contributed by atoms with Gasteiger partial charge in [0.15, 0.2) is 0 Å². The summed E-state index contributed by atoms with van der Waals surface area (Å²) in [7, 11) is 1.54. The highest BCUT2D eigenvalue weighted by Crippen LogP contribution is 2.25. The van der Waals surface area contributed by atoms with Gasteiger partial charge >= 0.3 is 0 Å². The average molecular weight is 425 g/mol. The summed E-state index contributed by atoms with van der Waals surface area (Å²) in [6.07, 6.45) is 3.10. The molecule has 5 nitrogen and oxygen atoms in total. The maximum absolute atomic E-state index is 12.1. The molecule has 2 N–H and O–H groups in total. The summed E-state index contributed by atoms with van der Waals surface area (Å²) < 4.78 is 5.78. The van der Waals surface area contributed by atoms with Gasteiger partial charge in [-0.25, -0.2) is 0 Å². The second-order valence-corrected chi connectivity index (χ2v) is 6.55. The standard InChI is InChI=1S/C21H17BrN2O3/c1-27-19-11-9-16(13-18(19)22)21(26)24-23-20(25)12-10-15-7-4-6-14-5-2-3-8-17(14)15/h2-13H,1H3,(H,23,25)(H,24,26)/b12-10+. The molecule has 0 bridgehead atoms. The lowest BCUT2D eigenvalue weighted by molar-refractivity contribution is -0.117. The fourth-order valence-electron chi connectivity index (χ4n) is 2.60. The molecule has 0 saturated carbocycles. The summed E-state index contributed by atoms with van der Waals surface area (Å²) in [6.45, 7) is 0. The van der Waals surface area contributed by atoms with Crippen molar-refractivity contribution in [2.24, 2.45) is 0 Å². The van der Waals surface area contributed by atoms with Crippen molar-refractivity contribution in [3.8, 4) is 5.75 Å². The summed E-state index contributed by atoms with van der Waals surface area (Å²) in [6, 6.07) is 18.7. The number of halogens is 1. The summed E-state index contributed by atoms with van der Waals surface area (Å²) in [4.78, 5) is 24.2. The van der Waals surface area contributed by atoms with Crippen molar-refractivity contribution >= 4 is 44.6 Å². The fraction of sp³-hybridized carbons (Fsp3) is 0.0476. The van der Waals surface area contributed by atoms with Gasteiger partial charge in [0, 0.05) is 11.6 Å². The largest absolute Gasteiger partial charge is 0.496 e. The van der Waals surface area contributed by atoms with Crippen LogP contribution >= 0.6 is 15.9 Å². The first kappa shape index (κ1) is 18.7. The Hall–Kier alpha value is -3.12. The van der Waals surface area contributed by atoms with Crippen LogP contribution in [0.4, 0.5) is 0 Å². The summed E-state index contributed by atoms with van der Waals surface area (Å²) in [5.74, 6) is -0.234. The van der Waals surface area contributed by atoms with Gasteiger partial charge in [-0.05, 0) is 56.5 Å². The predicted octanol–water partition coefficient (Wildman–Crippen LogP) is 4.09. The maximum atomic E-state index is 12.1. The van der Waals surface area contributed by atoms with Crippen LogP contribution in [0.3, 0.4) is 0 Å². The number of methoxy groups -OCH3 is 1. The number of benzene rings is 3. The number of ether oxygens (including phenoxy) is 1. The Bertz CT molecular complexity index is 1030. The van der Waals surface area contributed by atoms with Gasteiger partial charge in [0.2, 0.25) is 0 Å². The van der Waals surface area contributed by atoms with Gasteiger partial charge in [0.05, 0.1) is 11.6 Å². The highest BCUT2D eigenvalue weighted by molar-refractivity contribution is 9.10. The predicted molar refractivity (Wildman–Crippen MR) is 109 cm³/mol. The van der Waals surface area contributed by atoms with E-state index >= 15 is 0 Å². The van der Waals surface area contributed by atoms with Crippen LogP contribution in [0.25, 0.3) is 16.8 Å². The van der Waals surface area contributed by atoms with Crippen molar-refractivity contribution in [2.75, 3.05) is 7.11 Å². The molecule has 6 heteroatoms. The van der Waals surface area contributed by atoms with Crippen LogP contribution in [0.5, 0.6) is 5.75 Å². The van der Waals surface area contributed by atoms with Crippen molar-refractivity contribution in [3.63, 3.8) is 0 Å². The Balaban J connectivity index is 1.63. The van der Waals surface area contributed by atoms with Crippen molar-refractivity contribution in [2.45, 2.75) is 0 Å². The highest BCUT2D eigenvalue weighted by atomic mass is 79.9. The molecule has 0 aliphatic heterocycles. The van der Waals surface area contributed by atoms with Crippen LogP contribution in [-0.4, -0.2) is 18.9 Å². The van der Waals surface area contributed by atoms with Crippen molar-refractivity contribution < 1.29 is 14.3 Å². The number of rotatable bonds is 4. The molecule has 0 spiro atoms. The van der Waals surface area contributed by atoms with Crippen LogP contribution in [0.1, 0.15) is 15.9 Å². The lowest BCUT2D eigenvalue weighted by atomic mass is 10.0. The van der Waals surface area contributed by atoms with E-state index in [4.69, 9.17) is 4.74 Å². The molecular formula is C21H17BrN2O3. The summed E-state index contributed by atoms with van der Waals surface area (Å²) >= 11 is 3.32. The molecule has 0 unspecified atom stereocenters. The van der Waals surface area contributed by atoms with E-state index in [0.717, 1.165) is 16.3 Å². The minimum Gasteiger partial charge on any atom is -0.496 e. The average Bonchev–Trinajstić information content (AvgIpc) is 2.70. The van der Waals surface area contributed by atoms with Gasteiger partial charge < -0.3 is 4.74 Å². The van der Waals surface area contributed by atoms with Gasteiger partial charge in [0.25, 0.3) is 11.8 Å². The van der Waals surface area contributed by atoms with Crippen LogP contribution in [-0.2, 0) is 4.79 Å². The molecule has 0 saturated heterocycles. The molecule has 3 aromatic carbocycles. The number of hydrogen-bond donors (Lipinski definition) is 2. The third kappa shape index (κ3) is 4.54. The molecule has 0 heterocycles. The van der Waals surface area contributed by atoms with E-state index < -0.39 is 11.8 Å². The molecule has 0 atom stereocenters. The molecule has 27 heavy (non-hydrogen) atoms. The molecular weight excluding hydrogens is 408 g/mol. The highest BCUT2D eigenvalue weighted by Gasteiger charge is 2.09. The minimum absolute atomic E-state index is 0.390. The molecule has 0 fully saturated rings. The quantitative estimate of drug-likeness (QED) is 0.489. The van der Waals surface area contributed by atoms with Gasteiger partial charge in [-0.2, -0.15) is 0 Å². The van der Waals surface area contributed by atoms with Crippen molar-refractivity contribution in [3.05, 3.63) is 82.3 Å². The molecule has 0 aromatic heterocycles. The van der Waals surface area contributed by atoms with Crippen LogP contribution in [0.15, 0.2) is 71.2 Å². The molecule has 0 radical (unpaired) electrons. The molecule has 3 rings (SSSR count). The number of fused-ring (bicyclic) bond motifs is 1. The number of amides is 2. The first-order valence-electron chi connectivity index (χ1n) is 8.18. The number of hydrogen-bond acceptors (Lipinski definition) is 3.